The van der Waals surface area contributed by atoms with Crippen LogP contribution in [0.1, 0.15) is 43.3 Å². The predicted octanol–water partition coefficient (Wildman–Crippen LogP) is 5.52. The number of aryl methyl sites for hydroxylation is 1. The first-order valence-corrected chi connectivity index (χ1v) is 9.89. The Morgan fingerprint density at radius 1 is 1.03 bits per heavy atom. The number of benzene rings is 1. The molecule has 0 aliphatic rings. The molecule has 10 heteroatoms. The van der Waals surface area contributed by atoms with Crippen LogP contribution in [0.3, 0.4) is 0 Å². The van der Waals surface area contributed by atoms with E-state index < -0.39 is 29.2 Å². The highest BCUT2D eigenvalue weighted by Gasteiger charge is 2.34. The molecule has 1 aromatic carbocycles. The van der Waals surface area contributed by atoms with Crippen molar-refractivity contribution < 1.29 is 32.0 Å². The molecule has 3 rings (SSSR count). The second-order valence-electron chi connectivity index (χ2n) is 6.61. The van der Waals surface area contributed by atoms with E-state index in [9.17, 15) is 27.6 Å². The van der Waals surface area contributed by atoms with E-state index in [1.165, 1.54) is 29.7 Å². The van der Waals surface area contributed by atoms with Gasteiger partial charge in [0.05, 0.1) is 28.0 Å². The van der Waals surface area contributed by atoms with Crippen molar-refractivity contribution in [1.29, 1.82) is 0 Å². The van der Waals surface area contributed by atoms with E-state index in [-0.39, 0.29) is 29.9 Å². The Morgan fingerprint density at radius 2 is 1.81 bits per heavy atom. The fraction of sp³-hybridized carbons (Fsp3) is 0.190. The molecule has 0 aliphatic heterocycles. The van der Waals surface area contributed by atoms with Crippen LogP contribution in [-0.4, -0.2) is 17.6 Å². The molecule has 0 bridgehead atoms. The average molecular weight is 450 g/mol. The van der Waals surface area contributed by atoms with Crippen molar-refractivity contribution in [2.45, 2.75) is 25.9 Å². The summed E-state index contributed by atoms with van der Waals surface area (Å²) in [6.07, 6.45) is -2.73. The molecule has 2 N–H and O–H groups in total. The molecular weight excluding hydrogens is 433 g/mol. The number of hydrogen-bond acceptors (Lipinski definition) is 5. The van der Waals surface area contributed by atoms with Crippen LogP contribution in [-0.2, 0) is 11.0 Å². The highest BCUT2D eigenvalue weighted by atomic mass is 32.1. The minimum atomic E-state index is -4.77. The number of amides is 2. The molecule has 0 saturated carbocycles. The number of carbonyl (C=O) groups excluding carboxylic acids is 3. The van der Waals surface area contributed by atoms with Crippen LogP contribution < -0.4 is 10.6 Å². The van der Waals surface area contributed by atoms with Gasteiger partial charge in [0.25, 0.3) is 5.91 Å². The molecular formula is C21H17F3N2O4S. The highest BCUT2D eigenvalue weighted by molar-refractivity contribution is 7.14. The largest absolute Gasteiger partial charge is 0.472 e. The van der Waals surface area contributed by atoms with Gasteiger partial charge in [0.1, 0.15) is 6.26 Å². The molecule has 2 heterocycles. The smallest absolute Gasteiger partial charge is 0.418 e. The van der Waals surface area contributed by atoms with E-state index in [2.05, 4.69) is 10.6 Å². The van der Waals surface area contributed by atoms with Gasteiger partial charge in [0.2, 0.25) is 5.91 Å². The van der Waals surface area contributed by atoms with Gasteiger partial charge in [0, 0.05) is 23.4 Å². The molecule has 0 saturated heterocycles. The van der Waals surface area contributed by atoms with Gasteiger partial charge in [-0.1, -0.05) is 0 Å². The van der Waals surface area contributed by atoms with Gasteiger partial charge < -0.3 is 15.1 Å². The van der Waals surface area contributed by atoms with Gasteiger partial charge in [-0.2, -0.15) is 13.2 Å². The normalized spacial score (nSPS) is 11.2. The Labute approximate surface area is 179 Å². The van der Waals surface area contributed by atoms with Gasteiger partial charge >= 0.3 is 6.18 Å². The van der Waals surface area contributed by atoms with Crippen LogP contribution in [0, 0.1) is 6.92 Å². The van der Waals surface area contributed by atoms with Gasteiger partial charge in [-0.05, 0) is 43.3 Å². The fourth-order valence-electron chi connectivity index (χ4n) is 2.71. The highest BCUT2D eigenvalue weighted by Crippen LogP contribution is 2.37. The summed E-state index contributed by atoms with van der Waals surface area (Å²) in [5.74, 6) is -1.61. The molecule has 0 spiro atoms. The van der Waals surface area contributed by atoms with Crippen LogP contribution >= 0.6 is 11.3 Å². The molecule has 0 radical (unpaired) electrons. The summed E-state index contributed by atoms with van der Waals surface area (Å²) >= 11 is 1.29. The molecule has 2 aromatic heterocycles. The van der Waals surface area contributed by atoms with Crippen molar-refractivity contribution in [3.8, 4) is 0 Å². The molecule has 6 nitrogen and oxygen atoms in total. The SMILES string of the molecule is Cc1ccc(C(=O)CCC(=O)Nc2ccc(NC(=O)c3ccoc3)cc2C(F)(F)F)s1. The molecule has 0 atom stereocenters. The number of rotatable bonds is 7. The Morgan fingerprint density at radius 3 is 2.42 bits per heavy atom. The number of halogens is 3. The third-order valence-electron chi connectivity index (χ3n) is 4.23. The maximum atomic E-state index is 13.5. The molecule has 0 aliphatic carbocycles. The fourth-order valence-corrected chi connectivity index (χ4v) is 3.54. The average Bonchev–Trinajstić information content (AvgIpc) is 3.38. The van der Waals surface area contributed by atoms with Crippen molar-refractivity contribution in [2.24, 2.45) is 0 Å². The summed E-state index contributed by atoms with van der Waals surface area (Å²) in [6, 6.07) is 7.82. The van der Waals surface area contributed by atoms with Crippen molar-refractivity contribution in [3.05, 3.63) is 69.8 Å². The topological polar surface area (TPSA) is 88.4 Å². The number of ketones is 1. The zero-order valence-electron chi connectivity index (χ0n) is 16.2. The lowest BCUT2D eigenvalue weighted by Crippen LogP contribution is -2.18. The zero-order chi connectivity index (χ0) is 22.6. The van der Waals surface area contributed by atoms with E-state index in [4.69, 9.17) is 4.42 Å². The summed E-state index contributed by atoms with van der Waals surface area (Å²) in [4.78, 5) is 37.7. The number of anilines is 2. The second-order valence-corrected chi connectivity index (χ2v) is 7.89. The number of thiophene rings is 1. The lowest BCUT2D eigenvalue weighted by atomic mass is 10.1. The number of alkyl halides is 3. The Kier molecular flexibility index (Phi) is 6.59. The summed E-state index contributed by atoms with van der Waals surface area (Å²) < 4.78 is 45.3. The molecule has 31 heavy (non-hydrogen) atoms. The maximum absolute atomic E-state index is 13.5. The van der Waals surface area contributed by atoms with Crippen LogP contribution in [0.5, 0.6) is 0 Å². The van der Waals surface area contributed by atoms with Gasteiger partial charge in [-0.15, -0.1) is 11.3 Å². The first kappa shape index (κ1) is 22.3. The van der Waals surface area contributed by atoms with Gasteiger partial charge in [-0.3, -0.25) is 14.4 Å². The predicted molar refractivity (Wildman–Crippen MR) is 109 cm³/mol. The summed E-state index contributed by atoms with van der Waals surface area (Å²) in [7, 11) is 0. The second kappa shape index (κ2) is 9.17. The number of Topliss-reactive ketones (excluding diaryl/α,β-unsaturated/α-hetero) is 1. The molecule has 3 aromatic rings. The lowest BCUT2D eigenvalue weighted by Gasteiger charge is -2.15. The molecule has 0 unspecified atom stereocenters. The number of nitrogens with one attached hydrogen (secondary N) is 2. The van der Waals surface area contributed by atoms with Crippen LogP contribution in [0.2, 0.25) is 0 Å². The molecule has 162 valence electrons. The van der Waals surface area contributed by atoms with Crippen LogP contribution in [0.15, 0.2) is 53.3 Å². The first-order chi connectivity index (χ1) is 14.6. The van der Waals surface area contributed by atoms with Crippen molar-refractivity contribution in [2.75, 3.05) is 10.6 Å². The lowest BCUT2D eigenvalue weighted by molar-refractivity contribution is -0.136. The maximum Gasteiger partial charge on any atom is 0.418 e. The van der Waals surface area contributed by atoms with Crippen LogP contribution in [0.25, 0.3) is 0 Å². The van der Waals surface area contributed by atoms with Gasteiger partial charge in [0.15, 0.2) is 5.78 Å². The minimum absolute atomic E-state index is 0.0974. The van der Waals surface area contributed by atoms with Crippen molar-refractivity contribution in [3.63, 3.8) is 0 Å². The van der Waals surface area contributed by atoms with Gasteiger partial charge in [-0.25, -0.2) is 0 Å². The Balaban J connectivity index is 1.68. The number of furan rings is 1. The summed E-state index contributed by atoms with van der Waals surface area (Å²) in [6.45, 7) is 1.84. The quantitative estimate of drug-likeness (QED) is 0.464. The minimum Gasteiger partial charge on any atom is -0.472 e. The number of carbonyl (C=O) groups is 3. The summed E-state index contributed by atoms with van der Waals surface area (Å²) in [5, 5.41) is 4.54. The van der Waals surface area contributed by atoms with E-state index in [1.807, 2.05) is 6.92 Å². The van der Waals surface area contributed by atoms with E-state index in [1.54, 1.807) is 12.1 Å². The Bertz CT molecular complexity index is 1100. The monoisotopic (exact) mass is 450 g/mol. The standard InChI is InChI=1S/C21H17F3N2O4S/c1-12-2-6-18(31-12)17(27)5-7-19(28)26-16-4-3-14(10-15(16)21(22,23)24)25-20(29)13-8-9-30-11-13/h2-4,6,8-11H,5,7H2,1H3,(H,25,29)(H,26,28). The number of hydrogen-bond donors (Lipinski definition) is 2. The molecule has 0 fully saturated rings. The summed E-state index contributed by atoms with van der Waals surface area (Å²) in [5.41, 5.74) is -1.53. The van der Waals surface area contributed by atoms with E-state index in [0.717, 1.165) is 23.3 Å². The van der Waals surface area contributed by atoms with Crippen molar-refractivity contribution in [1.82, 2.24) is 0 Å². The third-order valence-corrected chi connectivity index (χ3v) is 5.28. The third kappa shape index (κ3) is 5.82. The van der Waals surface area contributed by atoms with Crippen LogP contribution in [0.4, 0.5) is 24.5 Å². The Hall–Kier alpha value is -3.40. The van der Waals surface area contributed by atoms with E-state index >= 15 is 0 Å². The molecule has 2 amide bonds. The zero-order valence-corrected chi connectivity index (χ0v) is 17.0. The van der Waals surface area contributed by atoms with Crippen molar-refractivity contribution >= 4 is 40.3 Å². The van der Waals surface area contributed by atoms with E-state index in [0.29, 0.717) is 4.88 Å². The first-order valence-electron chi connectivity index (χ1n) is 9.08.